The maximum atomic E-state index is 10.3. The first kappa shape index (κ1) is 11.5. The van der Waals surface area contributed by atoms with E-state index in [1.165, 1.54) is 19.3 Å². The molecule has 1 aromatic rings. The lowest BCUT2D eigenvalue weighted by Gasteiger charge is -2.15. The second kappa shape index (κ2) is 4.90. The molecule has 1 aromatic carbocycles. The zero-order chi connectivity index (χ0) is 11.5. The topological polar surface area (TPSA) is 20.2 Å². The van der Waals surface area contributed by atoms with Gasteiger partial charge in [-0.05, 0) is 48.6 Å². The zero-order valence-electron chi connectivity index (χ0n) is 10.4. The summed E-state index contributed by atoms with van der Waals surface area (Å²) in [4.78, 5) is 0. The summed E-state index contributed by atoms with van der Waals surface area (Å²) >= 11 is 0. The van der Waals surface area contributed by atoms with Crippen molar-refractivity contribution in [2.45, 2.75) is 51.9 Å². The fourth-order valence-electron chi connectivity index (χ4n) is 2.40. The van der Waals surface area contributed by atoms with E-state index in [-0.39, 0.29) is 0 Å². The van der Waals surface area contributed by atoms with Crippen LogP contribution in [0.1, 0.15) is 56.6 Å². The minimum Gasteiger partial charge on any atom is -0.507 e. The highest BCUT2D eigenvalue weighted by atomic mass is 16.3. The fourth-order valence-corrected chi connectivity index (χ4v) is 2.40. The Bertz CT molecular complexity index is 352. The van der Waals surface area contributed by atoms with E-state index < -0.39 is 0 Å². The summed E-state index contributed by atoms with van der Waals surface area (Å²) in [6, 6.07) is 6.25. The molecule has 0 heterocycles. The molecule has 0 aromatic heterocycles. The minimum absolute atomic E-state index is 0.476. The molecule has 0 bridgehead atoms. The number of phenolic OH excluding ortho intramolecular Hbond substituents is 1. The Balaban J connectivity index is 2.17. The number of para-hydroxylation sites is 1. The summed E-state index contributed by atoms with van der Waals surface area (Å²) in [6.45, 7) is 4.40. The van der Waals surface area contributed by atoms with Crippen LogP contribution in [0.5, 0.6) is 5.75 Å². The third-order valence-electron chi connectivity index (χ3n) is 3.61. The Kier molecular flexibility index (Phi) is 3.52. The van der Waals surface area contributed by atoms with Gasteiger partial charge < -0.3 is 5.11 Å². The summed E-state index contributed by atoms with van der Waals surface area (Å²) in [5.74, 6) is 1.88. The molecule has 1 unspecified atom stereocenters. The molecule has 0 spiro atoms. The summed E-state index contributed by atoms with van der Waals surface area (Å²) in [7, 11) is 0. The molecule has 2 rings (SSSR count). The molecule has 0 saturated heterocycles. The van der Waals surface area contributed by atoms with Crippen LogP contribution in [-0.2, 0) is 6.42 Å². The van der Waals surface area contributed by atoms with Crippen molar-refractivity contribution in [1.29, 1.82) is 0 Å². The van der Waals surface area contributed by atoms with Gasteiger partial charge >= 0.3 is 0 Å². The van der Waals surface area contributed by atoms with Gasteiger partial charge in [0.2, 0.25) is 0 Å². The molecule has 1 aliphatic carbocycles. The second-order valence-corrected chi connectivity index (χ2v) is 5.19. The van der Waals surface area contributed by atoms with Crippen molar-refractivity contribution in [3.05, 3.63) is 29.3 Å². The third kappa shape index (κ3) is 2.58. The van der Waals surface area contributed by atoms with E-state index in [9.17, 15) is 5.11 Å². The van der Waals surface area contributed by atoms with Gasteiger partial charge in [0.25, 0.3) is 0 Å². The van der Waals surface area contributed by atoms with Crippen LogP contribution in [0.2, 0.25) is 0 Å². The third-order valence-corrected chi connectivity index (χ3v) is 3.61. The molecular weight excluding hydrogens is 196 g/mol. The molecule has 16 heavy (non-hydrogen) atoms. The van der Waals surface area contributed by atoms with Crippen LogP contribution in [-0.4, -0.2) is 5.11 Å². The van der Waals surface area contributed by atoms with Gasteiger partial charge in [-0.15, -0.1) is 0 Å². The molecule has 1 N–H and O–H groups in total. The second-order valence-electron chi connectivity index (χ2n) is 5.19. The Hall–Kier alpha value is -0.980. The van der Waals surface area contributed by atoms with Crippen LogP contribution in [0.15, 0.2) is 18.2 Å². The van der Waals surface area contributed by atoms with Gasteiger partial charge in [-0.3, -0.25) is 0 Å². The molecule has 1 nitrogen and oxygen atoms in total. The molecule has 0 radical (unpaired) electrons. The quantitative estimate of drug-likeness (QED) is 0.783. The highest BCUT2D eigenvalue weighted by Gasteiger charge is 2.23. The molecule has 1 saturated carbocycles. The predicted molar refractivity (Wildman–Crippen MR) is 67.9 cm³/mol. The largest absolute Gasteiger partial charge is 0.507 e. The average molecular weight is 218 g/mol. The highest BCUT2D eigenvalue weighted by molar-refractivity contribution is 5.42. The summed E-state index contributed by atoms with van der Waals surface area (Å²) < 4.78 is 0. The van der Waals surface area contributed by atoms with Crippen molar-refractivity contribution in [1.82, 2.24) is 0 Å². The SMILES string of the molecule is CCCC(C)c1cccc(CC2CC2)c1O. The molecule has 88 valence electrons. The van der Waals surface area contributed by atoms with Crippen LogP contribution < -0.4 is 0 Å². The van der Waals surface area contributed by atoms with E-state index in [2.05, 4.69) is 32.0 Å². The monoisotopic (exact) mass is 218 g/mol. The zero-order valence-corrected chi connectivity index (χ0v) is 10.4. The maximum Gasteiger partial charge on any atom is 0.122 e. The van der Waals surface area contributed by atoms with Crippen LogP contribution in [0.25, 0.3) is 0 Å². The predicted octanol–water partition coefficient (Wildman–Crippen LogP) is 4.25. The molecule has 0 amide bonds. The fraction of sp³-hybridized carbons (Fsp3) is 0.600. The smallest absolute Gasteiger partial charge is 0.122 e. The summed E-state index contributed by atoms with van der Waals surface area (Å²) in [6.07, 6.45) is 6.08. The van der Waals surface area contributed by atoms with Gasteiger partial charge in [0, 0.05) is 0 Å². The number of hydrogen-bond acceptors (Lipinski definition) is 1. The molecular formula is C15H22O. The lowest BCUT2D eigenvalue weighted by Crippen LogP contribution is -1.97. The first-order valence-electron chi connectivity index (χ1n) is 6.53. The number of benzene rings is 1. The van der Waals surface area contributed by atoms with E-state index in [1.807, 2.05) is 0 Å². The van der Waals surface area contributed by atoms with Crippen molar-refractivity contribution in [3.8, 4) is 5.75 Å². The van der Waals surface area contributed by atoms with Gasteiger partial charge in [0.05, 0.1) is 0 Å². The van der Waals surface area contributed by atoms with Crippen molar-refractivity contribution < 1.29 is 5.11 Å². The Morgan fingerprint density at radius 2 is 2.12 bits per heavy atom. The molecule has 1 heteroatoms. The van der Waals surface area contributed by atoms with Crippen LogP contribution >= 0.6 is 0 Å². The van der Waals surface area contributed by atoms with Crippen molar-refractivity contribution in [3.63, 3.8) is 0 Å². The summed E-state index contributed by atoms with van der Waals surface area (Å²) in [5, 5.41) is 10.3. The summed E-state index contributed by atoms with van der Waals surface area (Å²) in [5.41, 5.74) is 2.29. The Labute approximate surface area is 98.5 Å². The Morgan fingerprint density at radius 1 is 1.38 bits per heavy atom. The average Bonchev–Trinajstić information content (AvgIpc) is 3.05. The normalized spacial score (nSPS) is 17.4. The standard InChI is InChI=1S/C15H22O/c1-3-5-11(2)14-7-4-6-13(15(14)16)10-12-8-9-12/h4,6-7,11-12,16H,3,5,8-10H2,1-2H3. The Morgan fingerprint density at radius 3 is 2.75 bits per heavy atom. The van der Waals surface area contributed by atoms with Crippen LogP contribution in [0.3, 0.4) is 0 Å². The molecule has 1 fully saturated rings. The van der Waals surface area contributed by atoms with Crippen LogP contribution in [0, 0.1) is 5.92 Å². The van der Waals surface area contributed by atoms with Crippen molar-refractivity contribution in [2.75, 3.05) is 0 Å². The molecule has 1 aliphatic rings. The first-order valence-corrected chi connectivity index (χ1v) is 6.53. The maximum absolute atomic E-state index is 10.3. The number of aromatic hydroxyl groups is 1. The van der Waals surface area contributed by atoms with Gasteiger partial charge in [-0.2, -0.15) is 0 Å². The molecule has 1 atom stereocenters. The number of phenols is 1. The highest BCUT2D eigenvalue weighted by Crippen LogP contribution is 2.38. The van der Waals surface area contributed by atoms with Crippen molar-refractivity contribution in [2.24, 2.45) is 5.92 Å². The van der Waals surface area contributed by atoms with Gasteiger partial charge in [-0.25, -0.2) is 0 Å². The van der Waals surface area contributed by atoms with Gasteiger partial charge in [0.15, 0.2) is 0 Å². The minimum atomic E-state index is 0.476. The van der Waals surface area contributed by atoms with Crippen molar-refractivity contribution >= 4 is 0 Å². The van der Waals surface area contributed by atoms with Gasteiger partial charge in [-0.1, -0.05) is 38.5 Å². The van der Waals surface area contributed by atoms with E-state index >= 15 is 0 Å². The van der Waals surface area contributed by atoms with E-state index in [0.29, 0.717) is 11.7 Å². The first-order chi connectivity index (χ1) is 7.72. The van der Waals surface area contributed by atoms with E-state index in [1.54, 1.807) is 0 Å². The number of hydrogen-bond donors (Lipinski definition) is 1. The van der Waals surface area contributed by atoms with Crippen LogP contribution in [0.4, 0.5) is 0 Å². The molecule has 0 aliphatic heterocycles. The lowest BCUT2D eigenvalue weighted by molar-refractivity contribution is 0.451. The number of rotatable bonds is 5. The van der Waals surface area contributed by atoms with Gasteiger partial charge in [0.1, 0.15) is 5.75 Å². The van der Waals surface area contributed by atoms with E-state index in [0.717, 1.165) is 29.9 Å². The van der Waals surface area contributed by atoms with E-state index in [4.69, 9.17) is 0 Å². The lowest BCUT2D eigenvalue weighted by atomic mass is 9.92.